The van der Waals surface area contributed by atoms with Gasteiger partial charge < -0.3 is 15.5 Å². The van der Waals surface area contributed by atoms with Crippen molar-refractivity contribution in [2.45, 2.75) is 30.3 Å². The summed E-state index contributed by atoms with van der Waals surface area (Å²) in [5, 5.41) is 5.98. The minimum atomic E-state index is -0.0616. The number of rotatable bonds is 4. The highest BCUT2D eigenvalue weighted by Gasteiger charge is 2.17. The highest BCUT2D eigenvalue weighted by Crippen LogP contribution is 2.14. The van der Waals surface area contributed by atoms with E-state index in [0.717, 1.165) is 31.5 Å². The van der Waals surface area contributed by atoms with Crippen LogP contribution in [0.25, 0.3) is 0 Å². The summed E-state index contributed by atoms with van der Waals surface area (Å²) in [6.45, 7) is 2.69. The van der Waals surface area contributed by atoms with Gasteiger partial charge >= 0.3 is 6.03 Å². The fourth-order valence-corrected chi connectivity index (χ4v) is 2.72. The van der Waals surface area contributed by atoms with Crippen LogP contribution >= 0.6 is 11.8 Å². The molecule has 0 aliphatic carbocycles. The topological polar surface area (TPSA) is 44.4 Å². The van der Waals surface area contributed by atoms with Gasteiger partial charge in [-0.3, -0.25) is 0 Å². The van der Waals surface area contributed by atoms with Gasteiger partial charge in [-0.05, 0) is 56.9 Å². The summed E-state index contributed by atoms with van der Waals surface area (Å²) >= 11 is 1.72. The zero-order valence-corrected chi connectivity index (χ0v) is 13.0. The normalized spacial score (nSPS) is 16.9. The highest BCUT2D eigenvalue weighted by atomic mass is 32.2. The van der Waals surface area contributed by atoms with Crippen LogP contribution in [0, 0.1) is 0 Å². The summed E-state index contributed by atoms with van der Waals surface area (Å²) in [4.78, 5) is 15.4. The Labute approximate surface area is 125 Å². The molecule has 0 radical (unpaired) electrons. The fourth-order valence-electron chi connectivity index (χ4n) is 2.32. The van der Waals surface area contributed by atoms with Gasteiger partial charge in [0, 0.05) is 17.5 Å². The Kier molecular flexibility index (Phi) is 5.73. The van der Waals surface area contributed by atoms with E-state index in [9.17, 15) is 4.79 Å². The van der Waals surface area contributed by atoms with Crippen LogP contribution in [0.1, 0.15) is 18.4 Å². The molecule has 1 aliphatic heterocycles. The zero-order chi connectivity index (χ0) is 14.4. The first kappa shape index (κ1) is 15.2. The van der Waals surface area contributed by atoms with E-state index in [-0.39, 0.29) is 6.03 Å². The molecule has 1 aliphatic rings. The van der Waals surface area contributed by atoms with E-state index in [2.05, 4.69) is 53.1 Å². The van der Waals surface area contributed by atoms with Gasteiger partial charge in [-0.2, -0.15) is 0 Å². The molecule has 0 unspecified atom stereocenters. The van der Waals surface area contributed by atoms with Crippen LogP contribution < -0.4 is 10.6 Å². The monoisotopic (exact) mass is 293 g/mol. The third kappa shape index (κ3) is 4.72. The van der Waals surface area contributed by atoms with Crippen LogP contribution in [-0.4, -0.2) is 43.4 Å². The molecule has 110 valence electrons. The minimum Gasteiger partial charge on any atom is -0.335 e. The van der Waals surface area contributed by atoms with E-state index in [1.165, 1.54) is 4.90 Å². The van der Waals surface area contributed by atoms with Crippen LogP contribution in [0.3, 0.4) is 0 Å². The van der Waals surface area contributed by atoms with E-state index < -0.39 is 0 Å². The molecule has 4 nitrogen and oxygen atoms in total. The maximum absolute atomic E-state index is 11.8. The summed E-state index contributed by atoms with van der Waals surface area (Å²) in [6.07, 6.45) is 4.13. The molecule has 20 heavy (non-hydrogen) atoms. The van der Waals surface area contributed by atoms with Crippen LogP contribution in [0.5, 0.6) is 0 Å². The largest absolute Gasteiger partial charge is 0.335 e. The third-order valence-corrected chi connectivity index (χ3v) is 4.41. The third-order valence-electron chi connectivity index (χ3n) is 3.67. The second-order valence-electron chi connectivity index (χ2n) is 5.25. The SMILES string of the molecule is CSc1ccc(CNC(=O)NC2CCN(C)CC2)cc1. The first-order valence-corrected chi connectivity index (χ1v) is 8.25. The number of piperidine rings is 1. The molecule has 0 saturated carbocycles. The first-order chi connectivity index (χ1) is 9.67. The Bertz CT molecular complexity index is 427. The number of thioether (sulfide) groups is 1. The van der Waals surface area contributed by atoms with E-state index >= 15 is 0 Å². The fraction of sp³-hybridized carbons (Fsp3) is 0.533. The lowest BCUT2D eigenvalue weighted by Crippen LogP contribution is -2.46. The standard InChI is InChI=1S/C15H23N3OS/c1-18-9-7-13(8-10-18)17-15(19)16-11-12-3-5-14(20-2)6-4-12/h3-6,13H,7-11H2,1-2H3,(H2,16,17,19). The van der Waals surface area contributed by atoms with Crippen LogP contribution in [0.15, 0.2) is 29.2 Å². The first-order valence-electron chi connectivity index (χ1n) is 7.03. The average Bonchev–Trinajstić information content (AvgIpc) is 2.48. The molecule has 2 amide bonds. The van der Waals surface area contributed by atoms with Crippen molar-refractivity contribution in [3.8, 4) is 0 Å². The Morgan fingerprint density at radius 1 is 1.30 bits per heavy atom. The Balaban J connectivity index is 1.71. The smallest absolute Gasteiger partial charge is 0.315 e. The van der Waals surface area contributed by atoms with Gasteiger partial charge in [0.15, 0.2) is 0 Å². The van der Waals surface area contributed by atoms with Gasteiger partial charge in [0.05, 0.1) is 0 Å². The number of carbonyl (C=O) groups excluding carboxylic acids is 1. The Hall–Kier alpha value is -1.20. The molecule has 0 bridgehead atoms. The van der Waals surface area contributed by atoms with Gasteiger partial charge in [-0.15, -0.1) is 11.8 Å². The quantitative estimate of drug-likeness (QED) is 0.837. The van der Waals surface area contributed by atoms with Crippen molar-refractivity contribution in [3.05, 3.63) is 29.8 Å². The second-order valence-corrected chi connectivity index (χ2v) is 6.13. The van der Waals surface area contributed by atoms with Gasteiger partial charge in [-0.25, -0.2) is 4.79 Å². The van der Waals surface area contributed by atoms with Gasteiger partial charge in [0.25, 0.3) is 0 Å². The Morgan fingerprint density at radius 3 is 2.55 bits per heavy atom. The lowest BCUT2D eigenvalue weighted by atomic mass is 10.1. The molecule has 1 aromatic carbocycles. The molecule has 2 rings (SSSR count). The zero-order valence-electron chi connectivity index (χ0n) is 12.2. The number of hydrogen-bond donors (Lipinski definition) is 2. The van der Waals surface area contributed by atoms with Crippen LogP contribution in [-0.2, 0) is 6.54 Å². The Morgan fingerprint density at radius 2 is 1.95 bits per heavy atom. The molecule has 1 fully saturated rings. The van der Waals surface area contributed by atoms with Crippen LogP contribution in [0.2, 0.25) is 0 Å². The average molecular weight is 293 g/mol. The number of likely N-dealkylation sites (tertiary alicyclic amines) is 1. The predicted octanol–water partition coefficient (Wildman–Crippen LogP) is 2.30. The van der Waals surface area contributed by atoms with Crippen molar-refractivity contribution in [1.29, 1.82) is 0 Å². The lowest BCUT2D eigenvalue weighted by Gasteiger charge is -2.29. The number of hydrogen-bond acceptors (Lipinski definition) is 3. The molecule has 0 aromatic heterocycles. The minimum absolute atomic E-state index is 0.0616. The maximum Gasteiger partial charge on any atom is 0.315 e. The van der Waals surface area contributed by atoms with Crippen molar-refractivity contribution in [3.63, 3.8) is 0 Å². The second kappa shape index (κ2) is 7.55. The van der Waals surface area contributed by atoms with E-state index in [1.807, 2.05) is 0 Å². The lowest BCUT2D eigenvalue weighted by molar-refractivity contribution is 0.213. The van der Waals surface area contributed by atoms with Crippen molar-refractivity contribution in [1.82, 2.24) is 15.5 Å². The molecule has 1 heterocycles. The summed E-state index contributed by atoms with van der Waals surface area (Å²) in [5.41, 5.74) is 1.13. The molecule has 2 N–H and O–H groups in total. The van der Waals surface area contributed by atoms with Crippen molar-refractivity contribution >= 4 is 17.8 Å². The highest BCUT2D eigenvalue weighted by molar-refractivity contribution is 7.98. The molecular weight excluding hydrogens is 270 g/mol. The van der Waals surface area contributed by atoms with Crippen LogP contribution in [0.4, 0.5) is 4.79 Å². The molecule has 1 saturated heterocycles. The summed E-state index contributed by atoms with van der Waals surface area (Å²) in [5.74, 6) is 0. The number of amides is 2. The number of urea groups is 1. The summed E-state index contributed by atoms with van der Waals surface area (Å²) in [7, 11) is 2.12. The van der Waals surface area contributed by atoms with Gasteiger partial charge in [0.2, 0.25) is 0 Å². The van der Waals surface area contributed by atoms with E-state index in [1.54, 1.807) is 11.8 Å². The van der Waals surface area contributed by atoms with E-state index in [0.29, 0.717) is 12.6 Å². The maximum atomic E-state index is 11.8. The number of nitrogens with zero attached hydrogens (tertiary/aromatic N) is 1. The molecule has 1 aromatic rings. The van der Waals surface area contributed by atoms with Crippen molar-refractivity contribution in [2.24, 2.45) is 0 Å². The molecule has 0 spiro atoms. The van der Waals surface area contributed by atoms with E-state index in [4.69, 9.17) is 0 Å². The van der Waals surface area contributed by atoms with Crippen molar-refractivity contribution in [2.75, 3.05) is 26.4 Å². The summed E-state index contributed by atoms with van der Waals surface area (Å²) < 4.78 is 0. The molecular formula is C15H23N3OS. The molecule has 0 atom stereocenters. The molecule has 5 heteroatoms. The number of benzene rings is 1. The van der Waals surface area contributed by atoms with Crippen molar-refractivity contribution < 1.29 is 4.79 Å². The van der Waals surface area contributed by atoms with Gasteiger partial charge in [0.1, 0.15) is 0 Å². The number of nitrogens with one attached hydrogen (secondary N) is 2. The summed E-state index contributed by atoms with van der Waals surface area (Å²) in [6, 6.07) is 8.52. The predicted molar refractivity (Wildman–Crippen MR) is 84.1 cm³/mol. The number of carbonyl (C=O) groups is 1. The van der Waals surface area contributed by atoms with Gasteiger partial charge in [-0.1, -0.05) is 12.1 Å².